The number of aromatic hydroxyl groups is 2. The van der Waals surface area contributed by atoms with E-state index in [0.717, 1.165) is 24.1 Å². The van der Waals surface area contributed by atoms with Gasteiger partial charge in [0.05, 0.1) is 6.04 Å². The minimum absolute atomic E-state index is 0.00444. The molecule has 12 N–H and O–H groups in total. The molecule has 2 aliphatic rings. The molecule has 2 aromatic rings. The van der Waals surface area contributed by atoms with Crippen LogP contribution < -0.4 is 38.5 Å². The summed E-state index contributed by atoms with van der Waals surface area (Å²) in [6, 6.07) is 8.11. The van der Waals surface area contributed by atoms with Gasteiger partial charge in [-0.15, -0.1) is 0 Å². The van der Waals surface area contributed by atoms with Crippen molar-refractivity contribution in [1.29, 1.82) is 0 Å². The summed E-state index contributed by atoms with van der Waals surface area (Å²) in [6.07, 6.45) is 2.57. The van der Waals surface area contributed by atoms with Crippen LogP contribution >= 0.6 is 0 Å². The lowest BCUT2D eigenvalue weighted by molar-refractivity contribution is -0.133. The zero-order valence-electron chi connectivity index (χ0n) is 23.8. The summed E-state index contributed by atoms with van der Waals surface area (Å²) in [5.41, 5.74) is 18.6. The summed E-state index contributed by atoms with van der Waals surface area (Å²) in [7, 11) is 0. The number of carbonyl (C=O) groups is 3. The average Bonchev–Trinajstić information content (AvgIpc) is 3.70. The fraction of sp³-hybridized carbons (Fsp3) is 0.500. The SMILES string of the molecule is NCCCNCCCNC(=O)[C@]12CC1c1cc(ccc1O)-c1ccc(O)c(c1)CC(N)C(=O)N[C@@H](CCCN)C(=O)N2. The van der Waals surface area contributed by atoms with Crippen molar-refractivity contribution in [3.63, 3.8) is 0 Å². The van der Waals surface area contributed by atoms with E-state index in [2.05, 4.69) is 21.3 Å². The number of phenolic OH excluding ortho intramolecular Hbond substituents is 2. The lowest BCUT2D eigenvalue weighted by Crippen LogP contribution is -2.57. The highest BCUT2D eigenvalue weighted by Gasteiger charge is 2.62. The van der Waals surface area contributed by atoms with Crippen molar-refractivity contribution in [3.05, 3.63) is 47.5 Å². The first kappa shape index (κ1) is 31.2. The van der Waals surface area contributed by atoms with Gasteiger partial charge in [0, 0.05) is 24.4 Å². The average molecular weight is 582 g/mol. The molecule has 4 rings (SSSR count). The third kappa shape index (κ3) is 7.19. The van der Waals surface area contributed by atoms with Crippen LogP contribution in [0.1, 0.15) is 49.1 Å². The second kappa shape index (κ2) is 14.0. The van der Waals surface area contributed by atoms with Crippen LogP contribution in [0.4, 0.5) is 0 Å². The van der Waals surface area contributed by atoms with Crippen molar-refractivity contribution in [1.82, 2.24) is 21.3 Å². The molecule has 4 bridgehead atoms. The van der Waals surface area contributed by atoms with Gasteiger partial charge >= 0.3 is 0 Å². The Labute approximate surface area is 245 Å². The van der Waals surface area contributed by atoms with Gasteiger partial charge in [0.1, 0.15) is 23.1 Å². The number of hydrogen-bond donors (Lipinski definition) is 9. The Hall–Kier alpha value is -3.71. The van der Waals surface area contributed by atoms with Gasteiger partial charge in [0.2, 0.25) is 17.7 Å². The van der Waals surface area contributed by atoms with E-state index in [0.29, 0.717) is 50.1 Å². The minimum atomic E-state index is -1.31. The summed E-state index contributed by atoms with van der Waals surface area (Å²) in [5.74, 6) is -1.94. The summed E-state index contributed by atoms with van der Waals surface area (Å²) >= 11 is 0. The largest absolute Gasteiger partial charge is 0.508 e. The molecule has 0 radical (unpaired) electrons. The van der Waals surface area contributed by atoms with Gasteiger partial charge in [0.15, 0.2) is 0 Å². The first-order valence-corrected chi connectivity index (χ1v) is 14.6. The Morgan fingerprint density at radius 2 is 1.62 bits per heavy atom. The molecule has 42 heavy (non-hydrogen) atoms. The second-order valence-electron chi connectivity index (χ2n) is 11.1. The summed E-state index contributed by atoms with van der Waals surface area (Å²) in [5, 5.41) is 33.2. The molecule has 4 atom stereocenters. The Bertz CT molecular complexity index is 1290. The maximum Gasteiger partial charge on any atom is 0.246 e. The Kier molecular flexibility index (Phi) is 10.4. The Balaban J connectivity index is 1.67. The fourth-order valence-corrected chi connectivity index (χ4v) is 5.46. The van der Waals surface area contributed by atoms with E-state index in [1.54, 1.807) is 30.3 Å². The molecule has 2 unspecified atom stereocenters. The topological polar surface area (TPSA) is 218 Å². The van der Waals surface area contributed by atoms with E-state index < -0.39 is 35.4 Å². The van der Waals surface area contributed by atoms with Crippen molar-refractivity contribution < 1.29 is 24.6 Å². The first-order valence-electron chi connectivity index (χ1n) is 14.6. The molecule has 12 nitrogen and oxygen atoms in total. The number of nitrogens with one attached hydrogen (secondary N) is 4. The normalized spacial score (nSPS) is 23.5. The van der Waals surface area contributed by atoms with Crippen LogP contribution in [0.25, 0.3) is 11.1 Å². The summed E-state index contributed by atoms with van der Waals surface area (Å²) in [4.78, 5) is 40.4. The molecule has 1 fully saturated rings. The molecule has 2 aromatic carbocycles. The highest BCUT2D eigenvalue weighted by Crippen LogP contribution is 2.54. The van der Waals surface area contributed by atoms with Crippen molar-refractivity contribution >= 4 is 17.7 Å². The number of nitrogens with two attached hydrogens (primary N) is 3. The zero-order valence-corrected chi connectivity index (χ0v) is 23.8. The van der Waals surface area contributed by atoms with Gasteiger partial charge < -0.3 is 48.7 Å². The van der Waals surface area contributed by atoms with Gasteiger partial charge in [-0.3, -0.25) is 14.4 Å². The van der Waals surface area contributed by atoms with Gasteiger partial charge in [0.25, 0.3) is 0 Å². The maximum atomic E-state index is 13.7. The van der Waals surface area contributed by atoms with Crippen molar-refractivity contribution in [2.75, 3.05) is 32.7 Å². The fourth-order valence-electron chi connectivity index (χ4n) is 5.46. The number of phenols is 2. The van der Waals surface area contributed by atoms with Gasteiger partial charge in [-0.05, 0) is 99.2 Å². The lowest BCUT2D eigenvalue weighted by Gasteiger charge is -2.25. The van der Waals surface area contributed by atoms with Gasteiger partial charge in [-0.1, -0.05) is 12.1 Å². The van der Waals surface area contributed by atoms with Crippen LogP contribution in [-0.4, -0.2) is 78.3 Å². The molecule has 1 saturated carbocycles. The predicted octanol–water partition coefficient (Wildman–Crippen LogP) is -0.341. The minimum Gasteiger partial charge on any atom is -0.508 e. The van der Waals surface area contributed by atoms with Crippen LogP contribution in [0.5, 0.6) is 11.5 Å². The van der Waals surface area contributed by atoms with E-state index in [4.69, 9.17) is 17.2 Å². The van der Waals surface area contributed by atoms with E-state index in [1.807, 2.05) is 0 Å². The number of hydrogen-bond acceptors (Lipinski definition) is 9. The smallest absolute Gasteiger partial charge is 0.246 e. The second-order valence-corrected chi connectivity index (χ2v) is 11.1. The molecule has 1 aliphatic carbocycles. The highest BCUT2D eigenvalue weighted by atomic mass is 16.3. The molecular formula is C30H43N7O5. The molecule has 0 spiro atoms. The molecule has 1 heterocycles. The monoisotopic (exact) mass is 581 g/mol. The predicted molar refractivity (Wildman–Crippen MR) is 160 cm³/mol. The van der Waals surface area contributed by atoms with E-state index in [1.165, 1.54) is 6.07 Å². The van der Waals surface area contributed by atoms with Crippen molar-refractivity contribution in [2.45, 2.75) is 62.1 Å². The number of rotatable bonds is 11. The molecular weight excluding hydrogens is 538 g/mol. The third-order valence-corrected chi connectivity index (χ3v) is 8.01. The van der Waals surface area contributed by atoms with Crippen LogP contribution in [-0.2, 0) is 20.8 Å². The lowest BCUT2D eigenvalue weighted by atomic mass is 9.95. The van der Waals surface area contributed by atoms with Crippen LogP contribution in [0.2, 0.25) is 0 Å². The summed E-state index contributed by atoms with van der Waals surface area (Å²) in [6.45, 7) is 2.80. The number of fused-ring (bicyclic) bond motifs is 7. The van der Waals surface area contributed by atoms with E-state index in [-0.39, 0.29) is 36.7 Å². The molecule has 3 amide bonds. The standard InChI is InChI=1S/C30H43N7O5/c31-9-1-4-24-28(41)37-30(29(42)35-13-3-12-34-11-2-10-32)17-22(30)21-15-19(6-8-26(21)39)18-5-7-25(38)20(14-18)16-23(33)27(40)36-24/h5-8,14-15,22-24,34,38-39H,1-4,9-13,16-17,31-33H2,(H,35,42)(H,36,40)(H,37,41)/t22?,23?,24-,30-/m0/s1. The molecule has 0 aromatic heterocycles. The van der Waals surface area contributed by atoms with Crippen molar-refractivity contribution in [2.24, 2.45) is 17.2 Å². The number of benzene rings is 2. The van der Waals surface area contributed by atoms with Gasteiger partial charge in [-0.2, -0.15) is 0 Å². The molecule has 1 aliphatic heterocycles. The highest BCUT2D eigenvalue weighted by molar-refractivity contribution is 5.98. The van der Waals surface area contributed by atoms with E-state index >= 15 is 0 Å². The van der Waals surface area contributed by atoms with Crippen LogP contribution in [0.15, 0.2) is 36.4 Å². The first-order chi connectivity index (χ1) is 20.2. The Morgan fingerprint density at radius 1 is 0.929 bits per heavy atom. The number of amides is 3. The summed E-state index contributed by atoms with van der Waals surface area (Å²) < 4.78 is 0. The Morgan fingerprint density at radius 3 is 2.36 bits per heavy atom. The maximum absolute atomic E-state index is 13.7. The van der Waals surface area contributed by atoms with Crippen LogP contribution in [0.3, 0.4) is 0 Å². The quantitative estimate of drug-likeness (QED) is 0.158. The third-order valence-electron chi connectivity index (χ3n) is 8.01. The molecule has 0 saturated heterocycles. The van der Waals surface area contributed by atoms with Crippen LogP contribution in [0, 0.1) is 0 Å². The molecule has 12 heteroatoms. The van der Waals surface area contributed by atoms with Gasteiger partial charge in [-0.25, -0.2) is 0 Å². The molecule has 228 valence electrons. The number of carbonyl (C=O) groups excluding carboxylic acids is 3. The van der Waals surface area contributed by atoms with E-state index in [9.17, 15) is 24.6 Å². The zero-order chi connectivity index (χ0) is 30.3. The van der Waals surface area contributed by atoms with Crippen molar-refractivity contribution in [3.8, 4) is 22.6 Å².